The lowest BCUT2D eigenvalue weighted by atomic mass is 10.0. The summed E-state index contributed by atoms with van der Waals surface area (Å²) in [5.74, 6) is 0.0196. The monoisotopic (exact) mass is 376 g/mol. The SMILES string of the molecule is Cc1ccc(C(=O)N2CCN(Cc3cccc(C(F)(F)F)c3)CC2)c(C)c1. The Morgan fingerprint density at radius 2 is 1.70 bits per heavy atom. The normalized spacial score (nSPS) is 15.8. The minimum atomic E-state index is -4.33. The van der Waals surface area contributed by atoms with Crippen LogP contribution in [0.1, 0.15) is 32.6 Å². The van der Waals surface area contributed by atoms with Gasteiger partial charge in [0.1, 0.15) is 0 Å². The average molecular weight is 376 g/mol. The molecule has 0 saturated carbocycles. The van der Waals surface area contributed by atoms with Crippen molar-refractivity contribution in [2.75, 3.05) is 26.2 Å². The molecule has 1 aliphatic heterocycles. The fourth-order valence-electron chi connectivity index (χ4n) is 3.44. The van der Waals surface area contributed by atoms with Crippen molar-refractivity contribution in [2.45, 2.75) is 26.6 Å². The van der Waals surface area contributed by atoms with Crippen molar-refractivity contribution >= 4 is 5.91 Å². The van der Waals surface area contributed by atoms with Crippen LogP contribution in [0.15, 0.2) is 42.5 Å². The van der Waals surface area contributed by atoms with E-state index in [4.69, 9.17) is 0 Å². The zero-order chi connectivity index (χ0) is 19.6. The van der Waals surface area contributed by atoms with Crippen molar-refractivity contribution in [3.8, 4) is 0 Å². The van der Waals surface area contributed by atoms with Gasteiger partial charge in [0.2, 0.25) is 0 Å². The number of rotatable bonds is 3. The molecule has 27 heavy (non-hydrogen) atoms. The van der Waals surface area contributed by atoms with Crippen LogP contribution in [0.2, 0.25) is 0 Å². The van der Waals surface area contributed by atoms with Crippen molar-refractivity contribution in [3.63, 3.8) is 0 Å². The summed E-state index contributed by atoms with van der Waals surface area (Å²) in [5.41, 5.74) is 2.82. The van der Waals surface area contributed by atoms with Crippen LogP contribution >= 0.6 is 0 Å². The third-order valence-electron chi connectivity index (χ3n) is 4.93. The van der Waals surface area contributed by atoms with Gasteiger partial charge in [0.25, 0.3) is 5.91 Å². The summed E-state index contributed by atoms with van der Waals surface area (Å²) in [7, 11) is 0. The molecule has 1 heterocycles. The molecule has 0 N–H and O–H groups in total. The minimum absolute atomic E-state index is 0.0196. The number of piperazine rings is 1. The molecule has 0 bridgehead atoms. The van der Waals surface area contributed by atoms with E-state index >= 15 is 0 Å². The van der Waals surface area contributed by atoms with Gasteiger partial charge in [-0.1, -0.05) is 35.9 Å². The molecule has 6 heteroatoms. The zero-order valence-corrected chi connectivity index (χ0v) is 15.5. The molecule has 1 amide bonds. The number of benzene rings is 2. The molecule has 0 spiro atoms. The Hall–Kier alpha value is -2.34. The summed E-state index contributed by atoms with van der Waals surface area (Å²) in [6.45, 7) is 6.82. The third kappa shape index (κ3) is 4.69. The van der Waals surface area contributed by atoms with Gasteiger partial charge in [-0.25, -0.2) is 0 Å². The second-order valence-corrected chi connectivity index (χ2v) is 7.08. The maximum atomic E-state index is 12.8. The Kier molecular flexibility index (Phi) is 5.56. The standard InChI is InChI=1S/C21H23F3N2O/c1-15-6-7-19(16(2)12-15)20(27)26-10-8-25(9-11-26)14-17-4-3-5-18(13-17)21(22,23)24/h3-7,12-13H,8-11,14H2,1-2H3. The number of nitrogens with zero attached hydrogens (tertiary/aromatic N) is 2. The van der Waals surface area contributed by atoms with E-state index in [2.05, 4.69) is 4.90 Å². The first-order valence-corrected chi connectivity index (χ1v) is 8.99. The summed E-state index contributed by atoms with van der Waals surface area (Å²) in [5, 5.41) is 0. The van der Waals surface area contributed by atoms with Crippen LogP contribution in [0, 0.1) is 13.8 Å². The minimum Gasteiger partial charge on any atom is -0.336 e. The van der Waals surface area contributed by atoms with Crippen molar-refractivity contribution in [1.29, 1.82) is 0 Å². The number of aryl methyl sites for hydroxylation is 2. The second-order valence-electron chi connectivity index (χ2n) is 7.08. The number of hydrogen-bond donors (Lipinski definition) is 0. The van der Waals surface area contributed by atoms with Crippen LogP contribution in [-0.4, -0.2) is 41.9 Å². The van der Waals surface area contributed by atoms with Gasteiger partial charge in [-0.3, -0.25) is 9.69 Å². The number of carbonyl (C=O) groups is 1. The number of carbonyl (C=O) groups excluding carboxylic acids is 1. The lowest BCUT2D eigenvalue weighted by Gasteiger charge is -2.35. The molecule has 1 saturated heterocycles. The van der Waals surface area contributed by atoms with Crippen molar-refractivity contribution in [3.05, 3.63) is 70.3 Å². The van der Waals surface area contributed by atoms with Crippen LogP contribution in [0.3, 0.4) is 0 Å². The maximum absolute atomic E-state index is 12.8. The Bertz CT molecular complexity index is 824. The summed E-state index contributed by atoms with van der Waals surface area (Å²) in [6, 6.07) is 11.2. The largest absolute Gasteiger partial charge is 0.416 e. The molecule has 2 aromatic carbocycles. The lowest BCUT2D eigenvalue weighted by Crippen LogP contribution is -2.48. The summed E-state index contributed by atoms with van der Waals surface area (Å²) >= 11 is 0. The highest BCUT2D eigenvalue weighted by molar-refractivity contribution is 5.95. The fraction of sp³-hybridized carbons (Fsp3) is 0.381. The first-order valence-electron chi connectivity index (χ1n) is 8.99. The topological polar surface area (TPSA) is 23.6 Å². The zero-order valence-electron chi connectivity index (χ0n) is 15.5. The van der Waals surface area contributed by atoms with Crippen LogP contribution in [0.4, 0.5) is 13.2 Å². The van der Waals surface area contributed by atoms with E-state index in [0.29, 0.717) is 43.9 Å². The predicted molar refractivity (Wildman–Crippen MR) is 98.5 cm³/mol. The molecule has 1 aliphatic rings. The van der Waals surface area contributed by atoms with Gasteiger partial charge in [0.05, 0.1) is 5.56 Å². The quantitative estimate of drug-likeness (QED) is 0.798. The van der Waals surface area contributed by atoms with Crippen molar-refractivity contribution in [2.24, 2.45) is 0 Å². The summed E-state index contributed by atoms with van der Waals surface area (Å²) in [6.07, 6.45) is -4.33. The molecule has 2 aromatic rings. The second kappa shape index (κ2) is 7.72. The molecule has 0 aromatic heterocycles. The first-order chi connectivity index (χ1) is 12.7. The summed E-state index contributed by atoms with van der Waals surface area (Å²) < 4.78 is 38.5. The highest BCUT2D eigenvalue weighted by atomic mass is 19.4. The summed E-state index contributed by atoms with van der Waals surface area (Å²) in [4.78, 5) is 16.6. The van der Waals surface area contributed by atoms with Crippen molar-refractivity contribution in [1.82, 2.24) is 9.80 Å². The van der Waals surface area contributed by atoms with Crippen LogP contribution in [-0.2, 0) is 12.7 Å². The molecule has 144 valence electrons. The Labute approximate surface area is 157 Å². The van der Waals surface area contributed by atoms with Gasteiger partial charge in [-0.15, -0.1) is 0 Å². The van der Waals surface area contributed by atoms with E-state index in [0.717, 1.165) is 17.2 Å². The van der Waals surface area contributed by atoms with E-state index < -0.39 is 11.7 Å². The van der Waals surface area contributed by atoms with E-state index in [9.17, 15) is 18.0 Å². The third-order valence-corrected chi connectivity index (χ3v) is 4.93. The maximum Gasteiger partial charge on any atom is 0.416 e. The molecule has 0 aliphatic carbocycles. The van der Waals surface area contributed by atoms with Crippen LogP contribution in [0.5, 0.6) is 0 Å². The number of amides is 1. The first kappa shape index (κ1) is 19.4. The van der Waals surface area contributed by atoms with E-state index in [1.165, 1.54) is 12.1 Å². The fourth-order valence-corrected chi connectivity index (χ4v) is 3.44. The lowest BCUT2D eigenvalue weighted by molar-refractivity contribution is -0.137. The van der Waals surface area contributed by atoms with E-state index in [1.54, 1.807) is 6.07 Å². The highest BCUT2D eigenvalue weighted by Gasteiger charge is 2.30. The molecule has 0 radical (unpaired) electrons. The van der Waals surface area contributed by atoms with E-state index in [1.807, 2.05) is 36.9 Å². The van der Waals surface area contributed by atoms with E-state index in [-0.39, 0.29) is 5.91 Å². The van der Waals surface area contributed by atoms with Crippen LogP contribution in [0.25, 0.3) is 0 Å². The molecule has 3 nitrogen and oxygen atoms in total. The highest BCUT2D eigenvalue weighted by Crippen LogP contribution is 2.29. The van der Waals surface area contributed by atoms with Crippen LogP contribution < -0.4 is 0 Å². The smallest absolute Gasteiger partial charge is 0.336 e. The number of hydrogen-bond acceptors (Lipinski definition) is 2. The Morgan fingerprint density at radius 3 is 2.33 bits per heavy atom. The van der Waals surface area contributed by atoms with Crippen molar-refractivity contribution < 1.29 is 18.0 Å². The molecule has 1 fully saturated rings. The molecule has 3 rings (SSSR count). The van der Waals surface area contributed by atoms with Gasteiger partial charge >= 0.3 is 6.18 Å². The molecular weight excluding hydrogens is 353 g/mol. The number of halogens is 3. The molecule has 0 unspecified atom stereocenters. The molecule has 0 atom stereocenters. The predicted octanol–water partition coefficient (Wildman–Crippen LogP) is 4.28. The Balaban J connectivity index is 1.60. The Morgan fingerprint density at radius 1 is 1.00 bits per heavy atom. The van der Waals surface area contributed by atoms with Gasteiger partial charge < -0.3 is 4.90 Å². The average Bonchev–Trinajstić information content (AvgIpc) is 2.61. The van der Waals surface area contributed by atoms with Gasteiger partial charge in [0.15, 0.2) is 0 Å². The molecular formula is C21H23F3N2O. The van der Waals surface area contributed by atoms with Gasteiger partial charge in [-0.2, -0.15) is 13.2 Å². The number of alkyl halides is 3. The van der Waals surface area contributed by atoms with Gasteiger partial charge in [-0.05, 0) is 37.1 Å². The van der Waals surface area contributed by atoms with Gasteiger partial charge in [0, 0.05) is 38.3 Å².